The number of benzene rings is 1. The molecule has 0 aliphatic heterocycles. The maximum Gasteiger partial charge on any atom is 0.180 e. The number of carbonyl (C=O) groups excluding carboxylic acids is 1. The summed E-state index contributed by atoms with van der Waals surface area (Å²) in [5.74, 6) is -0.0721. The third-order valence-electron chi connectivity index (χ3n) is 1.68. The Balaban J connectivity index is 3.32. The van der Waals surface area contributed by atoms with Crippen LogP contribution in [0.2, 0.25) is 10.0 Å². The minimum Gasteiger partial charge on any atom is -0.495 e. The van der Waals surface area contributed by atoms with Crippen LogP contribution in [-0.2, 0) is 0 Å². The molecule has 5 heteroatoms. The first-order valence-corrected chi connectivity index (χ1v) is 5.02. The molecule has 1 aromatic rings. The van der Waals surface area contributed by atoms with Crippen LogP contribution in [0, 0.1) is 0 Å². The number of alkyl halides is 1. The van der Waals surface area contributed by atoms with Crippen molar-refractivity contribution in [2.75, 3.05) is 13.0 Å². The summed E-state index contributed by atoms with van der Waals surface area (Å²) < 4.78 is 4.95. The van der Waals surface area contributed by atoms with Gasteiger partial charge in [-0.05, 0) is 12.1 Å². The molecule has 0 amide bonds. The van der Waals surface area contributed by atoms with Gasteiger partial charge in [-0.1, -0.05) is 23.2 Å². The lowest BCUT2D eigenvalue weighted by Gasteiger charge is -2.08. The first kappa shape index (κ1) is 11.6. The van der Waals surface area contributed by atoms with Crippen LogP contribution in [0.15, 0.2) is 12.1 Å². The van der Waals surface area contributed by atoms with Crippen LogP contribution in [-0.4, -0.2) is 18.8 Å². The summed E-state index contributed by atoms with van der Waals surface area (Å²) in [7, 11) is 1.46. The Kier molecular flexibility index (Phi) is 4.05. The van der Waals surface area contributed by atoms with Gasteiger partial charge in [-0.15, -0.1) is 11.6 Å². The third kappa shape index (κ3) is 2.14. The molecule has 0 spiro atoms. The van der Waals surface area contributed by atoms with E-state index >= 15 is 0 Å². The molecule has 0 fully saturated rings. The van der Waals surface area contributed by atoms with Gasteiger partial charge in [0.25, 0.3) is 0 Å². The van der Waals surface area contributed by atoms with E-state index in [0.29, 0.717) is 5.75 Å². The van der Waals surface area contributed by atoms with Crippen LogP contribution in [0.4, 0.5) is 0 Å². The molecule has 0 atom stereocenters. The van der Waals surface area contributed by atoms with Gasteiger partial charge >= 0.3 is 0 Å². The fourth-order valence-corrected chi connectivity index (χ4v) is 1.81. The van der Waals surface area contributed by atoms with Gasteiger partial charge in [0.15, 0.2) is 5.78 Å². The zero-order chi connectivity index (χ0) is 10.7. The summed E-state index contributed by atoms with van der Waals surface area (Å²) in [6.07, 6.45) is 0. The number of rotatable bonds is 3. The Bertz CT molecular complexity index is 363. The Morgan fingerprint density at radius 3 is 2.57 bits per heavy atom. The summed E-state index contributed by atoms with van der Waals surface area (Å²) in [6.45, 7) is 0. The predicted octanol–water partition coefficient (Wildman–Crippen LogP) is 3.42. The molecule has 0 aliphatic rings. The molecule has 0 radical (unpaired) electrons. The zero-order valence-electron chi connectivity index (χ0n) is 7.31. The third-order valence-corrected chi connectivity index (χ3v) is 2.61. The fraction of sp³-hybridized carbons (Fsp3) is 0.222. The van der Waals surface area contributed by atoms with Gasteiger partial charge in [0.2, 0.25) is 0 Å². The van der Waals surface area contributed by atoms with Crippen molar-refractivity contribution in [3.8, 4) is 5.75 Å². The molecular weight excluding hydrogens is 246 g/mol. The monoisotopic (exact) mass is 252 g/mol. The molecule has 1 rings (SSSR count). The van der Waals surface area contributed by atoms with Crippen molar-refractivity contribution in [1.29, 1.82) is 0 Å². The van der Waals surface area contributed by atoms with E-state index in [1.54, 1.807) is 12.1 Å². The normalized spacial score (nSPS) is 10.0. The number of halogens is 3. The lowest BCUT2D eigenvalue weighted by molar-refractivity contribution is 0.102. The average Bonchev–Trinajstić information content (AvgIpc) is 2.18. The van der Waals surface area contributed by atoms with Crippen molar-refractivity contribution in [1.82, 2.24) is 0 Å². The molecule has 0 unspecified atom stereocenters. The maximum absolute atomic E-state index is 11.4. The second kappa shape index (κ2) is 4.87. The number of hydrogen-bond donors (Lipinski definition) is 0. The molecule has 1 aromatic carbocycles. The summed E-state index contributed by atoms with van der Waals surface area (Å²) in [5.41, 5.74) is 0.211. The first-order chi connectivity index (χ1) is 6.61. The number of ether oxygens (including phenoxy) is 1. The highest BCUT2D eigenvalue weighted by molar-refractivity contribution is 6.43. The van der Waals surface area contributed by atoms with Gasteiger partial charge in [0, 0.05) is 0 Å². The van der Waals surface area contributed by atoms with E-state index in [0.717, 1.165) is 0 Å². The lowest BCUT2D eigenvalue weighted by atomic mass is 10.1. The molecule has 14 heavy (non-hydrogen) atoms. The summed E-state index contributed by atoms with van der Waals surface area (Å²) >= 11 is 17.1. The second-order valence-corrected chi connectivity index (χ2v) is 3.55. The summed E-state index contributed by atoms with van der Waals surface area (Å²) in [6, 6.07) is 3.14. The van der Waals surface area contributed by atoms with Crippen molar-refractivity contribution in [3.63, 3.8) is 0 Å². The standard InChI is InChI=1S/C9H7Cl3O2/c1-14-7-3-2-5(11)8(9(7)12)6(13)4-10/h2-3H,4H2,1H3. The smallest absolute Gasteiger partial charge is 0.180 e. The summed E-state index contributed by atoms with van der Waals surface area (Å²) in [5, 5.41) is 0.479. The second-order valence-electron chi connectivity index (χ2n) is 2.50. The van der Waals surface area contributed by atoms with E-state index in [4.69, 9.17) is 39.5 Å². The number of carbonyl (C=O) groups is 1. The first-order valence-electron chi connectivity index (χ1n) is 3.73. The van der Waals surface area contributed by atoms with Crippen LogP contribution in [0.25, 0.3) is 0 Å². The van der Waals surface area contributed by atoms with Gasteiger partial charge in [0.1, 0.15) is 5.75 Å². The SMILES string of the molecule is COc1ccc(Cl)c(C(=O)CCl)c1Cl. The highest BCUT2D eigenvalue weighted by atomic mass is 35.5. The van der Waals surface area contributed by atoms with E-state index in [1.807, 2.05) is 0 Å². The van der Waals surface area contributed by atoms with Crippen molar-refractivity contribution < 1.29 is 9.53 Å². The molecule has 0 heterocycles. The molecule has 76 valence electrons. The average molecular weight is 254 g/mol. The van der Waals surface area contributed by atoms with Crippen molar-refractivity contribution in [2.45, 2.75) is 0 Å². The topological polar surface area (TPSA) is 26.3 Å². The highest BCUT2D eigenvalue weighted by Crippen LogP contribution is 2.33. The van der Waals surface area contributed by atoms with Crippen molar-refractivity contribution in [2.24, 2.45) is 0 Å². The Morgan fingerprint density at radius 2 is 2.07 bits per heavy atom. The highest BCUT2D eigenvalue weighted by Gasteiger charge is 2.17. The fourth-order valence-electron chi connectivity index (χ4n) is 1.01. The van der Waals surface area contributed by atoms with Gasteiger partial charge in [-0.2, -0.15) is 0 Å². The molecule has 0 aliphatic carbocycles. The lowest BCUT2D eigenvalue weighted by Crippen LogP contribution is -2.03. The van der Waals surface area contributed by atoms with Gasteiger partial charge in [-0.3, -0.25) is 4.79 Å². The molecule has 0 bridgehead atoms. The van der Waals surface area contributed by atoms with E-state index < -0.39 is 0 Å². The van der Waals surface area contributed by atoms with Crippen molar-refractivity contribution >= 4 is 40.6 Å². The van der Waals surface area contributed by atoms with Crippen LogP contribution in [0.5, 0.6) is 5.75 Å². The molecule has 0 N–H and O–H groups in total. The van der Waals surface area contributed by atoms with Crippen LogP contribution in [0.3, 0.4) is 0 Å². The van der Waals surface area contributed by atoms with Gasteiger partial charge in [0.05, 0.1) is 28.6 Å². The Hall–Kier alpha value is -0.440. The number of hydrogen-bond acceptors (Lipinski definition) is 2. The molecule has 0 aromatic heterocycles. The van der Waals surface area contributed by atoms with E-state index in [2.05, 4.69) is 0 Å². The minimum absolute atomic E-state index is 0.160. The molecule has 0 saturated heterocycles. The van der Waals surface area contributed by atoms with E-state index in [1.165, 1.54) is 7.11 Å². The largest absolute Gasteiger partial charge is 0.495 e. The quantitative estimate of drug-likeness (QED) is 0.609. The number of methoxy groups -OCH3 is 1. The zero-order valence-corrected chi connectivity index (χ0v) is 9.58. The van der Waals surface area contributed by atoms with Crippen LogP contribution in [0.1, 0.15) is 10.4 Å². The summed E-state index contributed by atoms with van der Waals surface area (Å²) in [4.78, 5) is 11.4. The Morgan fingerprint density at radius 1 is 1.43 bits per heavy atom. The van der Waals surface area contributed by atoms with E-state index in [-0.39, 0.29) is 27.3 Å². The molecule has 2 nitrogen and oxygen atoms in total. The number of Topliss-reactive ketones (excluding diaryl/α,β-unsaturated/α-hetero) is 1. The van der Waals surface area contributed by atoms with Crippen molar-refractivity contribution in [3.05, 3.63) is 27.7 Å². The maximum atomic E-state index is 11.4. The van der Waals surface area contributed by atoms with Gasteiger partial charge < -0.3 is 4.74 Å². The Labute approximate surface area is 96.7 Å². The molecule has 0 saturated carbocycles. The van der Waals surface area contributed by atoms with Crippen LogP contribution < -0.4 is 4.74 Å². The van der Waals surface area contributed by atoms with E-state index in [9.17, 15) is 4.79 Å². The predicted molar refractivity (Wildman–Crippen MR) is 58.1 cm³/mol. The number of ketones is 1. The van der Waals surface area contributed by atoms with Gasteiger partial charge in [-0.25, -0.2) is 0 Å². The minimum atomic E-state index is -0.319. The molecular formula is C9H7Cl3O2. The van der Waals surface area contributed by atoms with Crippen LogP contribution >= 0.6 is 34.8 Å².